The number of amides is 1. The third-order valence-electron chi connectivity index (χ3n) is 4.88. The number of fused-ring (bicyclic) bond motifs is 1. The zero-order valence-corrected chi connectivity index (χ0v) is 19.7. The summed E-state index contributed by atoms with van der Waals surface area (Å²) >= 11 is 2.40. The molecule has 0 saturated carbocycles. The number of carbonyl (C=O) groups excluding carboxylic acids is 2. The maximum atomic E-state index is 13.0. The second kappa shape index (κ2) is 9.08. The number of aryl methyl sites for hydroxylation is 2. The van der Waals surface area contributed by atoms with Crippen LogP contribution in [0.3, 0.4) is 0 Å². The summed E-state index contributed by atoms with van der Waals surface area (Å²) in [6.07, 6.45) is 1.11. The molecule has 0 radical (unpaired) electrons. The Bertz CT molecular complexity index is 1370. The fourth-order valence-corrected chi connectivity index (χ4v) is 5.01. The highest BCUT2D eigenvalue weighted by atomic mass is 32.2. The largest absolute Gasteiger partial charge is 0.497 e. The van der Waals surface area contributed by atoms with Gasteiger partial charge in [0.05, 0.1) is 30.2 Å². The summed E-state index contributed by atoms with van der Waals surface area (Å²) in [5.74, 6) is -0.349. The average molecular weight is 486 g/mol. The fraction of sp³-hybridized carbons (Fsp3) is 0.190. The number of nitrogens with one attached hydrogen (secondary N) is 2. The van der Waals surface area contributed by atoms with Crippen molar-refractivity contribution in [2.75, 3.05) is 24.5 Å². The van der Waals surface area contributed by atoms with Gasteiger partial charge in [-0.05, 0) is 55.4 Å². The van der Waals surface area contributed by atoms with Crippen LogP contribution in [0.15, 0.2) is 45.1 Å². The number of rotatable bonds is 5. The van der Waals surface area contributed by atoms with E-state index in [1.54, 1.807) is 31.4 Å². The second-order valence-corrected chi connectivity index (χ2v) is 9.07. The van der Waals surface area contributed by atoms with E-state index in [1.807, 2.05) is 13.8 Å². The molecule has 1 saturated heterocycles. The van der Waals surface area contributed by atoms with Crippen LogP contribution in [-0.4, -0.2) is 41.2 Å². The van der Waals surface area contributed by atoms with Gasteiger partial charge >= 0.3 is 5.97 Å². The van der Waals surface area contributed by atoms with E-state index >= 15 is 0 Å². The van der Waals surface area contributed by atoms with Crippen LogP contribution in [0.5, 0.6) is 5.75 Å². The van der Waals surface area contributed by atoms with Gasteiger partial charge < -0.3 is 9.47 Å². The molecule has 10 nitrogen and oxygen atoms in total. The van der Waals surface area contributed by atoms with E-state index in [2.05, 4.69) is 25.2 Å². The number of thioether (sulfide) groups is 1. The molecule has 1 amide bonds. The SMILES string of the molecule is COC(=O)C=C1SC(=NNc2nc3sc(C)c(C)c3c(=O)[nH]2)N(c2ccc(OC)cc2)C1=O. The van der Waals surface area contributed by atoms with Crippen molar-refractivity contribution in [2.24, 2.45) is 5.10 Å². The summed E-state index contributed by atoms with van der Waals surface area (Å²) in [6, 6.07) is 6.79. The molecule has 170 valence electrons. The number of aromatic amines is 1. The Labute approximate surface area is 196 Å². The highest BCUT2D eigenvalue weighted by Gasteiger charge is 2.35. The Morgan fingerprint density at radius 3 is 2.61 bits per heavy atom. The van der Waals surface area contributed by atoms with Crippen LogP contribution in [0, 0.1) is 13.8 Å². The lowest BCUT2D eigenvalue weighted by Crippen LogP contribution is -2.29. The van der Waals surface area contributed by atoms with Crippen molar-refractivity contribution in [3.05, 3.63) is 56.0 Å². The number of methoxy groups -OCH3 is 2. The molecular weight excluding hydrogens is 466 g/mol. The maximum absolute atomic E-state index is 13.0. The Morgan fingerprint density at radius 1 is 1.21 bits per heavy atom. The van der Waals surface area contributed by atoms with E-state index in [1.165, 1.54) is 23.3 Å². The number of thiophene rings is 1. The first-order valence-corrected chi connectivity index (χ1v) is 11.3. The van der Waals surface area contributed by atoms with Crippen LogP contribution < -0.4 is 20.6 Å². The maximum Gasteiger partial charge on any atom is 0.331 e. The standard InChI is InChI=1S/C21H19N5O5S2/c1-10-11(2)32-18-16(10)17(28)22-20(23-18)24-25-21-26(12-5-7-13(30-3)8-6-12)19(29)14(33-21)9-15(27)31-4/h5-9H,1-4H3,(H2,22,23,24,28). The third kappa shape index (κ3) is 4.34. The van der Waals surface area contributed by atoms with Crippen LogP contribution in [0.25, 0.3) is 10.2 Å². The van der Waals surface area contributed by atoms with Gasteiger partial charge in [-0.3, -0.25) is 19.5 Å². The Kier molecular flexibility index (Phi) is 6.20. The number of H-pyrrole nitrogens is 1. The number of esters is 1. The third-order valence-corrected chi connectivity index (χ3v) is 6.95. The zero-order valence-electron chi connectivity index (χ0n) is 18.1. The van der Waals surface area contributed by atoms with E-state index in [-0.39, 0.29) is 21.6 Å². The summed E-state index contributed by atoms with van der Waals surface area (Å²) < 4.78 is 9.81. The van der Waals surface area contributed by atoms with Crippen molar-refractivity contribution in [2.45, 2.75) is 13.8 Å². The van der Waals surface area contributed by atoms with Gasteiger partial charge in [0, 0.05) is 11.0 Å². The lowest BCUT2D eigenvalue weighted by molar-refractivity contribution is -0.135. The molecule has 1 fully saturated rings. The molecule has 1 aromatic carbocycles. The van der Waals surface area contributed by atoms with E-state index < -0.39 is 11.9 Å². The smallest absolute Gasteiger partial charge is 0.331 e. The lowest BCUT2D eigenvalue weighted by atomic mass is 10.2. The molecule has 1 aliphatic rings. The van der Waals surface area contributed by atoms with Crippen molar-refractivity contribution in [3.63, 3.8) is 0 Å². The molecular formula is C21H19N5O5S2. The lowest BCUT2D eigenvalue weighted by Gasteiger charge is -2.16. The molecule has 2 N–H and O–H groups in total. The van der Waals surface area contributed by atoms with Gasteiger partial charge in [0.15, 0.2) is 5.17 Å². The number of carbonyl (C=O) groups is 2. The summed E-state index contributed by atoms with van der Waals surface area (Å²) in [4.78, 5) is 47.4. The number of aromatic nitrogens is 2. The molecule has 0 spiro atoms. The number of benzene rings is 1. The minimum atomic E-state index is -0.658. The molecule has 4 rings (SSSR count). The van der Waals surface area contributed by atoms with Gasteiger partial charge in [-0.25, -0.2) is 15.2 Å². The van der Waals surface area contributed by atoms with Crippen LogP contribution in [0.4, 0.5) is 11.6 Å². The van der Waals surface area contributed by atoms with Crippen molar-refractivity contribution >= 4 is 62.0 Å². The van der Waals surface area contributed by atoms with E-state index in [9.17, 15) is 14.4 Å². The molecule has 0 aliphatic carbocycles. The number of hydrazone groups is 1. The normalized spacial score (nSPS) is 16.1. The fourth-order valence-electron chi connectivity index (χ4n) is 3.08. The molecule has 33 heavy (non-hydrogen) atoms. The van der Waals surface area contributed by atoms with Gasteiger partial charge in [0.1, 0.15) is 10.6 Å². The molecule has 0 bridgehead atoms. The quantitative estimate of drug-likeness (QED) is 0.321. The highest BCUT2D eigenvalue weighted by molar-refractivity contribution is 8.19. The first-order chi connectivity index (χ1) is 15.8. The predicted octanol–water partition coefficient (Wildman–Crippen LogP) is 3.13. The zero-order chi connectivity index (χ0) is 23.7. The second-order valence-electron chi connectivity index (χ2n) is 6.86. The Balaban J connectivity index is 1.71. The topological polar surface area (TPSA) is 126 Å². The number of amidine groups is 1. The van der Waals surface area contributed by atoms with E-state index in [4.69, 9.17) is 4.74 Å². The molecule has 3 aromatic rings. The first kappa shape index (κ1) is 22.6. The highest BCUT2D eigenvalue weighted by Crippen LogP contribution is 2.35. The van der Waals surface area contributed by atoms with Crippen LogP contribution in [0.2, 0.25) is 0 Å². The van der Waals surface area contributed by atoms with Gasteiger partial charge in [-0.15, -0.1) is 16.4 Å². The molecule has 12 heteroatoms. The summed E-state index contributed by atoms with van der Waals surface area (Å²) in [5, 5.41) is 5.07. The molecule has 1 aliphatic heterocycles. The van der Waals surface area contributed by atoms with Crippen molar-refractivity contribution < 1.29 is 19.1 Å². The minimum absolute atomic E-state index is 0.134. The van der Waals surface area contributed by atoms with Crippen LogP contribution in [-0.2, 0) is 14.3 Å². The van der Waals surface area contributed by atoms with Gasteiger partial charge in [-0.2, -0.15) is 0 Å². The van der Waals surface area contributed by atoms with Crippen LogP contribution in [0.1, 0.15) is 10.4 Å². The number of hydrogen-bond donors (Lipinski definition) is 2. The van der Waals surface area contributed by atoms with Gasteiger partial charge in [-0.1, -0.05) is 0 Å². The van der Waals surface area contributed by atoms with E-state index in [0.29, 0.717) is 21.7 Å². The van der Waals surface area contributed by atoms with Gasteiger partial charge in [0.25, 0.3) is 11.5 Å². The summed E-state index contributed by atoms with van der Waals surface area (Å²) in [6.45, 7) is 3.80. The van der Waals surface area contributed by atoms with E-state index in [0.717, 1.165) is 28.3 Å². The van der Waals surface area contributed by atoms with Crippen molar-refractivity contribution in [1.29, 1.82) is 0 Å². The number of anilines is 2. The van der Waals surface area contributed by atoms with Gasteiger partial charge in [0.2, 0.25) is 5.95 Å². The molecule has 3 heterocycles. The number of ether oxygens (including phenoxy) is 2. The van der Waals surface area contributed by atoms with Crippen molar-refractivity contribution in [1.82, 2.24) is 9.97 Å². The molecule has 0 atom stereocenters. The average Bonchev–Trinajstić information content (AvgIpc) is 3.27. The Hall–Kier alpha value is -3.64. The summed E-state index contributed by atoms with van der Waals surface area (Å²) in [7, 11) is 2.77. The Morgan fingerprint density at radius 2 is 1.94 bits per heavy atom. The molecule has 0 unspecified atom stereocenters. The monoisotopic (exact) mass is 485 g/mol. The van der Waals surface area contributed by atoms with Crippen LogP contribution >= 0.6 is 23.1 Å². The van der Waals surface area contributed by atoms with Crippen molar-refractivity contribution in [3.8, 4) is 5.75 Å². The number of hydrogen-bond acceptors (Lipinski definition) is 10. The minimum Gasteiger partial charge on any atom is -0.497 e. The number of nitrogens with zero attached hydrogens (tertiary/aromatic N) is 3. The predicted molar refractivity (Wildman–Crippen MR) is 129 cm³/mol. The first-order valence-electron chi connectivity index (χ1n) is 9.62. The molecule has 2 aromatic heterocycles. The summed E-state index contributed by atoms with van der Waals surface area (Å²) in [5.41, 5.74) is 3.85.